The molecule has 9 nitrogen and oxygen atoms in total. The maximum atomic E-state index is 14.5. The van der Waals surface area contributed by atoms with Crippen LogP contribution in [0.3, 0.4) is 0 Å². The zero-order chi connectivity index (χ0) is 31.9. The first kappa shape index (κ1) is 36.9. The van der Waals surface area contributed by atoms with Crippen LogP contribution in [-0.4, -0.2) is 60.1 Å². The van der Waals surface area contributed by atoms with Crippen LogP contribution >= 0.6 is 0 Å². The zero-order valence-electron chi connectivity index (χ0n) is 27.4. The molecule has 3 unspecified atom stereocenters. The largest absolute Gasteiger partial charge is 0.466 e. The van der Waals surface area contributed by atoms with Crippen LogP contribution in [0.1, 0.15) is 116 Å². The summed E-state index contributed by atoms with van der Waals surface area (Å²) >= 11 is 0. The fraction of sp³-hybridized carbons (Fsp3) is 0.697. The predicted molar refractivity (Wildman–Crippen MR) is 166 cm³/mol. The molecule has 42 heavy (non-hydrogen) atoms. The van der Waals surface area contributed by atoms with Crippen LogP contribution in [-0.2, 0) is 23.9 Å². The fourth-order valence-electron chi connectivity index (χ4n) is 4.85. The van der Waals surface area contributed by atoms with Gasteiger partial charge in [-0.3, -0.25) is 14.4 Å². The third kappa shape index (κ3) is 12.4. The lowest BCUT2D eigenvalue weighted by atomic mass is 9.91. The predicted octanol–water partition coefficient (Wildman–Crippen LogP) is 6.15. The molecule has 2 N–H and O–H groups in total. The number of carbonyl (C=O) groups excluding carboxylic acids is 4. The number of ether oxygens (including phenoxy) is 2. The first-order valence-corrected chi connectivity index (χ1v) is 15.6. The van der Waals surface area contributed by atoms with Gasteiger partial charge in [0.15, 0.2) is 0 Å². The summed E-state index contributed by atoms with van der Waals surface area (Å²) < 4.78 is 10.5. The highest BCUT2D eigenvalue weighted by molar-refractivity contribution is 5.93. The van der Waals surface area contributed by atoms with Crippen LogP contribution in [0.25, 0.3) is 0 Å². The number of esters is 1. The van der Waals surface area contributed by atoms with Gasteiger partial charge in [0, 0.05) is 13.1 Å². The Morgan fingerprint density at radius 1 is 0.952 bits per heavy atom. The van der Waals surface area contributed by atoms with Crippen molar-refractivity contribution in [3.63, 3.8) is 0 Å². The minimum atomic E-state index is -0.945. The maximum Gasteiger partial charge on any atom is 0.408 e. The zero-order valence-corrected chi connectivity index (χ0v) is 27.4. The summed E-state index contributed by atoms with van der Waals surface area (Å²) in [6, 6.07) is 3.94. The smallest absolute Gasteiger partial charge is 0.408 e. The maximum absolute atomic E-state index is 14.5. The van der Waals surface area contributed by atoms with Gasteiger partial charge in [-0.25, -0.2) is 4.79 Å². The summed E-state index contributed by atoms with van der Waals surface area (Å²) in [6.07, 6.45) is 4.83. The summed E-state index contributed by atoms with van der Waals surface area (Å²) in [6.45, 7) is 17.6. The van der Waals surface area contributed by atoms with Crippen LogP contribution in [0.5, 0.6) is 0 Å². The molecule has 1 aromatic carbocycles. The van der Waals surface area contributed by atoms with Crippen LogP contribution in [0.2, 0.25) is 0 Å². The van der Waals surface area contributed by atoms with E-state index in [1.54, 1.807) is 32.6 Å². The van der Waals surface area contributed by atoms with Crippen LogP contribution < -0.4 is 10.6 Å². The number of amides is 3. The van der Waals surface area contributed by atoms with Gasteiger partial charge in [0.25, 0.3) is 0 Å². The van der Waals surface area contributed by atoms with E-state index in [0.29, 0.717) is 19.4 Å². The number of unbranched alkanes of at least 4 members (excludes halogenated alkanes) is 4. The quantitative estimate of drug-likeness (QED) is 0.166. The SMILES string of the molecule is CCCCCCCN(C(=O)C(NC(=O)OC(C)(C)C)C(C)CC)C(C(=O)NCCC(=O)OCC)c1c(C)cccc1C. The molecule has 0 spiro atoms. The van der Waals surface area contributed by atoms with E-state index in [-0.39, 0.29) is 37.3 Å². The lowest BCUT2D eigenvalue weighted by Gasteiger charge is -2.37. The third-order valence-corrected chi connectivity index (χ3v) is 7.25. The standard InChI is InChI=1S/C33H55N3O6/c1-10-13-14-15-16-22-36(31(39)28(23(4)11-2)35-32(40)42-33(7,8)9)29(27-24(5)18-17-19-25(27)6)30(38)34-21-20-26(37)41-12-3/h17-19,23,28-29H,10-16,20-22H2,1-9H3,(H,34,38)(H,35,40). The summed E-state index contributed by atoms with van der Waals surface area (Å²) in [5.41, 5.74) is 1.77. The highest BCUT2D eigenvalue weighted by Gasteiger charge is 2.39. The second kappa shape index (κ2) is 18.4. The molecule has 238 valence electrons. The molecule has 0 aromatic heterocycles. The molecule has 9 heteroatoms. The lowest BCUT2D eigenvalue weighted by Crippen LogP contribution is -2.55. The number of hydrogen-bond acceptors (Lipinski definition) is 6. The van der Waals surface area contributed by atoms with Crippen molar-refractivity contribution in [2.24, 2.45) is 5.92 Å². The minimum absolute atomic E-state index is 0.0275. The Balaban J connectivity index is 3.56. The fourth-order valence-corrected chi connectivity index (χ4v) is 4.85. The topological polar surface area (TPSA) is 114 Å². The van der Waals surface area contributed by atoms with E-state index >= 15 is 0 Å². The Hall–Kier alpha value is -3.10. The number of rotatable bonds is 17. The monoisotopic (exact) mass is 589 g/mol. The molecular formula is C33H55N3O6. The van der Waals surface area contributed by atoms with Crippen molar-refractivity contribution in [1.29, 1.82) is 0 Å². The Morgan fingerprint density at radius 2 is 1.57 bits per heavy atom. The molecule has 0 saturated heterocycles. The number of hydrogen-bond donors (Lipinski definition) is 2. The van der Waals surface area contributed by atoms with Gasteiger partial charge in [-0.1, -0.05) is 71.1 Å². The van der Waals surface area contributed by atoms with Gasteiger partial charge < -0.3 is 25.0 Å². The van der Waals surface area contributed by atoms with Gasteiger partial charge in [-0.05, 0) is 70.6 Å². The summed E-state index contributed by atoms with van der Waals surface area (Å²) in [7, 11) is 0. The molecule has 3 atom stereocenters. The third-order valence-electron chi connectivity index (χ3n) is 7.25. The van der Waals surface area contributed by atoms with Crippen LogP contribution in [0.15, 0.2) is 18.2 Å². The Morgan fingerprint density at radius 3 is 2.12 bits per heavy atom. The lowest BCUT2D eigenvalue weighted by molar-refractivity contribution is -0.145. The molecule has 0 fully saturated rings. The van der Waals surface area contributed by atoms with E-state index in [2.05, 4.69) is 17.6 Å². The number of nitrogens with one attached hydrogen (secondary N) is 2. The molecule has 0 radical (unpaired) electrons. The van der Waals surface area contributed by atoms with Crippen LogP contribution in [0, 0.1) is 19.8 Å². The van der Waals surface area contributed by atoms with Crippen molar-refractivity contribution in [3.8, 4) is 0 Å². The molecule has 0 heterocycles. The molecule has 0 aliphatic heterocycles. The number of nitrogens with zero attached hydrogens (tertiary/aromatic N) is 1. The van der Waals surface area contributed by atoms with E-state index in [4.69, 9.17) is 9.47 Å². The number of carbonyl (C=O) groups is 4. The molecule has 0 aliphatic rings. The number of aryl methyl sites for hydroxylation is 2. The molecule has 1 aromatic rings. The average Bonchev–Trinajstić information content (AvgIpc) is 2.90. The second-order valence-corrected chi connectivity index (χ2v) is 12.0. The first-order chi connectivity index (χ1) is 19.8. The second-order valence-electron chi connectivity index (χ2n) is 12.0. The van der Waals surface area contributed by atoms with E-state index in [0.717, 1.165) is 42.4 Å². The number of alkyl carbamates (subject to hydrolysis) is 1. The summed E-state index contributed by atoms with van der Waals surface area (Å²) in [5.74, 6) is -1.32. The van der Waals surface area contributed by atoms with Crippen LogP contribution in [0.4, 0.5) is 4.79 Å². The molecule has 3 amide bonds. The summed E-state index contributed by atoms with van der Waals surface area (Å²) in [5, 5.41) is 5.70. The van der Waals surface area contributed by atoms with E-state index in [1.165, 1.54) is 0 Å². The molecular weight excluding hydrogens is 534 g/mol. The molecule has 0 aliphatic carbocycles. The van der Waals surface area contributed by atoms with Gasteiger partial charge in [0.2, 0.25) is 11.8 Å². The normalized spacial score (nSPS) is 13.5. The van der Waals surface area contributed by atoms with Crippen molar-refractivity contribution in [2.75, 3.05) is 19.7 Å². The van der Waals surface area contributed by atoms with Gasteiger partial charge >= 0.3 is 12.1 Å². The number of benzene rings is 1. The minimum Gasteiger partial charge on any atom is -0.466 e. The Bertz CT molecular complexity index is 999. The van der Waals surface area contributed by atoms with Crippen molar-refractivity contribution in [2.45, 2.75) is 125 Å². The van der Waals surface area contributed by atoms with Crippen molar-refractivity contribution in [3.05, 3.63) is 34.9 Å². The average molecular weight is 590 g/mol. The van der Waals surface area contributed by atoms with E-state index in [1.807, 2.05) is 45.9 Å². The van der Waals surface area contributed by atoms with Crippen molar-refractivity contribution < 1.29 is 28.7 Å². The van der Waals surface area contributed by atoms with Gasteiger partial charge in [0.1, 0.15) is 17.7 Å². The highest BCUT2D eigenvalue weighted by atomic mass is 16.6. The molecule has 0 bridgehead atoms. The molecule has 1 rings (SSSR count). The van der Waals surface area contributed by atoms with Crippen molar-refractivity contribution in [1.82, 2.24) is 15.5 Å². The van der Waals surface area contributed by atoms with E-state index < -0.39 is 29.7 Å². The van der Waals surface area contributed by atoms with E-state index in [9.17, 15) is 19.2 Å². The van der Waals surface area contributed by atoms with Crippen molar-refractivity contribution >= 4 is 23.9 Å². The first-order valence-electron chi connectivity index (χ1n) is 15.6. The molecule has 0 saturated carbocycles. The van der Waals surface area contributed by atoms with Gasteiger partial charge in [-0.2, -0.15) is 0 Å². The Kier molecular flexibility index (Phi) is 16.2. The highest BCUT2D eigenvalue weighted by Crippen LogP contribution is 2.30. The van der Waals surface area contributed by atoms with Gasteiger partial charge in [0.05, 0.1) is 13.0 Å². The van der Waals surface area contributed by atoms with Gasteiger partial charge in [-0.15, -0.1) is 0 Å². The summed E-state index contributed by atoms with van der Waals surface area (Å²) in [4.78, 5) is 54.9. The Labute approximate surface area is 253 Å².